The van der Waals surface area contributed by atoms with Gasteiger partial charge in [0.1, 0.15) is 6.04 Å². The van der Waals surface area contributed by atoms with Crippen molar-refractivity contribution in [2.45, 2.75) is 70.9 Å². The molecule has 0 aromatic heterocycles. The summed E-state index contributed by atoms with van der Waals surface area (Å²) >= 11 is 0. The number of nitrogens with one attached hydrogen (secondary N) is 1. The molecule has 3 unspecified atom stereocenters. The van der Waals surface area contributed by atoms with E-state index >= 15 is 0 Å². The number of carboxylic acid groups (broad SMARTS) is 2. The summed E-state index contributed by atoms with van der Waals surface area (Å²) in [7, 11) is 0. The third-order valence-corrected chi connectivity index (χ3v) is 7.05. The molecule has 154 valence electrons. The van der Waals surface area contributed by atoms with Crippen LogP contribution in [0.2, 0.25) is 0 Å². The molecule has 0 spiro atoms. The van der Waals surface area contributed by atoms with Gasteiger partial charge >= 0.3 is 11.9 Å². The van der Waals surface area contributed by atoms with Crippen LogP contribution in [0, 0.1) is 17.3 Å². The third kappa shape index (κ3) is 3.67. The fourth-order valence-corrected chi connectivity index (χ4v) is 5.53. The second-order valence-electron chi connectivity index (χ2n) is 9.02. The molecule has 0 amide bonds. The molecular formula is C22H31NO5. The molecule has 2 aliphatic rings. The summed E-state index contributed by atoms with van der Waals surface area (Å²) in [6.45, 7) is 7.30. The molecule has 2 fully saturated rings. The molecule has 0 aliphatic heterocycles. The van der Waals surface area contributed by atoms with Crippen molar-refractivity contribution in [1.29, 1.82) is 0 Å². The van der Waals surface area contributed by atoms with Gasteiger partial charge in [0.05, 0.1) is 6.61 Å². The first kappa shape index (κ1) is 20.8. The molecule has 6 nitrogen and oxygen atoms in total. The Morgan fingerprint density at radius 3 is 2.64 bits per heavy atom. The van der Waals surface area contributed by atoms with Crippen LogP contribution in [0.5, 0.6) is 0 Å². The van der Waals surface area contributed by atoms with Crippen molar-refractivity contribution < 1.29 is 24.6 Å². The van der Waals surface area contributed by atoms with Crippen LogP contribution in [0.25, 0.3) is 0 Å². The lowest BCUT2D eigenvalue weighted by Crippen LogP contribution is -2.37. The van der Waals surface area contributed by atoms with Crippen LogP contribution in [0.1, 0.15) is 64.0 Å². The van der Waals surface area contributed by atoms with E-state index in [0.29, 0.717) is 11.8 Å². The first-order valence-electron chi connectivity index (χ1n) is 10.1. The van der Waals surface area contributed by atoms with Crippen molar-refractivity contribution in [1.82, 2.24) is 5.48 Å². The molecule has 6 heteroatoms. The minimum Gasteiger partial charge on any atom is -0.481 e. The number of benzene rings is 1. The van der Waals surface area contributed by atoms with E-state index < -0.39 is 18.0 Å². The lowest BCUT2D eigenvalue weighted by molar-refractivity contribution is -0.145. The van der Waals surface area contributed by atoms with Gasteiger partial charge in [0.15, 0.2) is 0 Å². The smallest absolute Gasteiger partial charge is 0.323 e. The maximum absolute atomic E-state index is 11.3. The van der Waals surface area contributed by atoms with Crippen molar-refractivity contribution in [2.24, 2.45) is 17.3 Å². The van der Waals surface area contributed by atoms with Gasteiger partial charge in [-0.25, -0.2) is 0 Å². The minimum absolute atomic E-state index is 0.0249. The van der Waals surface area contributed by atoms with E-state index in [0.717, 1.165) is 5.56 Å². The predicted molar refractivity (Wildman–Crippen MR) is 105 cm³/mol. The number of fused-ring (bicyclic) bond motifs is 1. The maximum Gasteiger partial charge on any atom is 0.323 e. The number of hydrogen-bond donors (Lipinski definition) is 3. The minimum atomic E-state index is -1.11. The zero-order valence-electron chi connectivity index (χ0n) is 16.9. The Hall–Kier alpha value is -1.92. The zero-order chi connectivity index (χ0) is 20.5. The van der Waals surface area contributed by atoms with Gasteiger partial charge in [0.2, 0.25) is 0 Å². The summed E-state index contributed by atoms with van der Waals surface area (Å²) in [5.41, 5.74) is 5.36. The number of rotatable bonds is 9. The van der Waals surface area contributed by atoms with Gasteiger partial charge in [-0.3, -0.25) is 14.4 Å². The molecule has 0 saturated heterocycles. The Morgan fingerprint density at radius 1 is 1.25 bits per heavy atom. The Bertz CT molecular complexity index is 746. The average Bonchev–Trinajstić information content (AvgIpc) is 3.13. The van der Waals surface area contributed by atoms with Gasteiger partial charge in [-0.15, -0.1) is 0 Å². The van der Waals surface area contributed by atoms with E-state index in [1.54, 1.807) is 0 Å². The van der Waals surface area contributed by atoms with E-state index in [1.165, 1.54) is 24.8 Å². The normalized spacial score (nSPS) is 29.0. The average molecular weight is 389 g/mol. The number of aliphatic carboxylic acids is 2. The first-order valence-corrected chi connectivity index (χ1v) is 10.1. The molecule has 2 saturated carbocycles. The highest BCUT2D eigenvalue weighted by molar-refractivity contribution is 5.74. The first-order chi connectivity index (χ1) is 13.2. The second-order valence-corrected chi connectivity index (χ2v) is 9.02. The number of carboxylic acids is 2. The van der Waals surface area contributed by atoms with Crippen molar-refractivity contribution in [2.75, 3.05) is 0 Å². The monoisotopic (exact) mass is 389 g/mol. The number of carbonyl (C=O) groups is 2. The summed E-state index contributed by atoms with van der Waals surface area (Å²) in [4.78, 5) is 27.6. The van der Waals surface area contributed by atoms with Crippen molar-refractivity contribution in [3.63, 3.8) is 0 Å². The van der Waals surface area contributed by atoms with Crippen molar-refractivity contribution in [3.05, 3.63) is 35.4 Å². The highest BCUT2D eigenvalue weighted by Crippen LogP contribution is 2.76. The largest absolute Gasteiger partial charge is 0.481 e. The third-order valence-electron chi connectivity index (χ3n) is 7.05. The molecule has 1 aromatic carbocycles. The zero-order valence-corrected chi connectivity index (χ0v) is 16.9. The molecule has 4 atom stereocenters. The molecule has 3 N–H and O–H groups in total. The van der Waals surface area contributed by atoms with Gasteiger partial charge in [0.25, 0.3) is 0 Å². The lowest BCUT2D eigenvalue weighted by atomic mass is 9.74. The van der Waals surface area contributed by atoms with Gasteiger partial charge in [-0.1, -0.05) is 51.5 Å². The van der Waals surface area contributed by atoms with Crippen molar-refractivity contribution in [3.8, 4) is 0 Å². The highest BCUT2D eigenvalue weighted by Gasteiger charge is 2.72. The molecule has 0 radical (unpaired) electrons. The fraction of sp³-hybridized carbons (Fsp3) is 0.636. The van der Waals surface area contributed by atoms with Crippen molar-refractivity contribution >= 4 is 11.9 Å². The van der Waals surface area contributed by atoms with E-state index in [9.17, 15) is 14.7 Å². The molecule has 3 rings (SSSR count). The highest BCUT2D eigenvalue weighted by atomic mass is 16.6. The SMILES string of the molecule is CC1CCC2C(C)(C)C2(c2ccccc2CON[C@@H](CCC(=O)O)C(=O)O)C1. The molecular weight excluding hydrogens is 358 g/mol. The summed E-state index contributed by atoms with van der Waals surface area (Å²) < 4.78 is 0. The van der Waals surface area contributed by atoms with Gasteiger partial charge < -0.3 is 10.2 Å². The summed E-state index contributed by atoms with van der Waals surface area (Å²) in [5.74, 6) is -0.770. The van der Waals surface area contributed by atoms with E-state index in [2.05, 4.69) is 38.4 Å². The summed E-state index contributed by atoms with van der Waals surface area (Å²) in [6, 6.07) is 7.25. The fourth-order valence-electron chi connectivity index (χ4n) is 5.53. The van der Waals surface area contributed by atoms with Crippen LogP contribution in [0.4, 0.5) is 0 Å². The Kier molecular flexibility index (Phi) is 5.82. The quantitative estimate of drug-likeness (QED) is 0.557. The van der Waals surface area contributed by atoms with Gasteiger partial charge in [-0.2, -0.15) is 5.48 Å². The van der Waals surface area contributed by atoms with Crippen LogP contribution in [0.15, 0.2) is 24.3 Å². The number of hydrogen-bond acceptors (Lipinski definition) is 4. The van der Waals surface area contributed by atoms with Crippen LogP contribution in [0.3, 0.4) is 0 Å². The maximum atomic E-state index is 11.3. The van der Waals surface area contributed by atoms with Gasteiger partial charge in [-0.05, 0) is 47.6 Å². The van der Waals surface area contributed by atoms with Gasteiger partial charge in [0, 0.05) is 11.8 Å². The van der Waals surface area contributed by atoms with E-state index in [1.807, 2.05) is 12.1 Å². The van der Waals surface area contributed by atoms with E-state index in [4.69, 9.17) is 9.94 Å². The molecule has 0 heterocycles. The summed E-state index contributed by atoms with van der Waals surface area (Å²) in [6.07, 6.45) is 3.45. The molecule has 0 bridgehead atoms. The molecule has 2 aliphatic carbocycles. The Balaban J connectivity index is 1.71. The molecule has 28 heavy (non-hydrogen) atoms. The Labute approximate surface area is 166 Å². The van der Waals surface area contributed by atoms with Crippen LogP contribution in [-0.2, 0) is 26.4 Å². The van der Waals surface area contributed by atoms with Crippen LogP contribution >= 0.6 is 0 Å². The standard InChI is InChI=1S/C22H31NO5/c1-14-8-10-18-21(2,3)22(18,12-14)16-7-5-4-6-15(16)13-28-23-17(20(26)27)9-11-19(24)25/h4-7,14,17-18,23H,8-13H2,1-3H3,(H,24,25)(H,26,27)/t14?,17-,18?,22?/m0/s1. The van der Waals surface area contributed by atoms with Crippen LogP contribution < -0.4 is 5.48 Å². The summed E-state index contributed by atoms with van der Waals surface area (Å²) in [5, 5.41) is 18.0. The number of hydroxylamine groups is 1. The second kappa shape index (κ2) is 7.84. The van der Waals surface area contributed by atoms with E-state index in [-0.39, 0.29) is 30.3 Å². The topological polar surface area (TPSA) is 95.9 Å². The molecule has 1 aromatic rings. The Morgan fingerprint density at radius 2 is 1.96 bits per heavy atom. The lowest BCUT2D eigenvalue weighted by Gasteiger charge is -2.30. The van der Waals surface area contributed by atoms with Crippen LogP contribution in [-0.4, -0.2) is 28.2 Å². The predicted octanol–water partition coefficient (Wildman–Crippen LogP) is 3.74.